The molecule has 0 aliphatic carbocycles. The predicted molar refractivity (Wildman–Crippen MR) is 116 cm³/mol. The maximum absolute atomic E-state index is 12.5. The molecule has 0 atom stereocenters. The smallest absolute Gasteiger partial charge is 0.427 e. The minimum absolute atomic E-state index is 0.295. The largest absolute Gasteiger partial charge is 0.443 e. The summed E-state index contributed by atoms with van der Waals surface area (Å²) in [7, 11) is 0. The van der Waals surface area contributed by atoms with Gasteiger partial charge in [-0.15, -0.1) is 0 Å². The van der Waals surface area contributed by atoms with Gasteiger partial charge in [-0.2, -0.15) is 0 Å². The van der Waals surface area contributed by atoms with E-state index in [1.807, 2.05) is 42.5 Å². The Bertz CT molecular complexity index is 1210. The van der Waals surface area contributed by atoms with E-state index in [0.29, 0.717) is 28.4 Å². The fraction of sp³-hybridized carbons (Fsp3) is 0.182. The fourth-order valence-electron chi connectivity index (χ4n) is 3.01. The third kappa shape index (κ3) is 3.93. The van der Waals surface area contributed by atoms with Gasteiger partial charge in [0.25, 0.3) is 0 Å². The summed E-state index contributed by atoms with van der Waals surface area (Å²) in [6.07, 6.45) is 0.969. The number of nitrogen functional groups attached to an aromatic ring is 1. The van der Waals surface area contributed by atoms with Crippen molar-refractivity contribution in [3.63, 3.8) is 0 Å². The number of carbonyl (C=O) groups excluding carboxylic acids is 1. The molecule has 1 amide bonds. The number of rotatable bonds is 3. The highest BCUT2D eigenvalue weighted by molar-refractivity contribution is 5.86. The predicted octanol–water partition coefficient (Wildman–Crippen LogP) is 4.22. The van der Waals surface area contributed by atoms with Crippen LogP contribution in [0.5, 0.6) is 0 Å². The van der Waals surface area contributed by atoms with Crippen LogP contribution in [0.15, 0.2) is 60.8 Å². The summed E-state index contributed by atoms with van der Waals surface area (Å²) in [5.74, 6) is 0.711. The lowest BCUT2D eigenvalue weighted by Gasteiger charge is -2.20. The van der Waals surface area contributed by atoms with Gasteiger partial charge >= 0.3 is 6.09 Å². The van der Waals surface area contributed by atoms with Crippen molar-refractivity contribution < 1.29 is 9.53 Å². The Balaban J connectivity index is 1.87. The molecule has 0 radical (unpaired) electrons. The number of pyridine rings is 2. The van der Waals surface area contributed by atoms with Crippen molar-refractivity contribution in [1.82, 2.24) is 19.6 Å². The van der Waals surface area contributed by atoms with Crippen molar-refractivity contribution in [3.05, 3.63) is 60.8 Å². The maximum atomic E-state index is 12.5. The molecule has 0 fully saturated rings. The minimum Gasteiger partial charge on any atom is -0.443 e. The van der Waals surface area contributed by atoms with Crippen molar-refractivity contribution in [1.29, 1.82) is 0 Å². The second kappa shape index (κ2) is 7.47. The number of imidazole rings is 1. The average molecular weight is 402 g/mol. The van der Waals surface area contributed by atoms with Crippen LogP contribution in [0.1, 0.15) is 20.8 Å². The number of ether oxygens (including phenoxy) is 1. The lowest BCUT2D eigenvalue weighted by atomic mass is 10.1. The van der Waals surface area contributed by atoms with Gasteiger partial charge in [-0.1, -0.05) is 30.3 Å². The number of nitrogens with two attached hydrogens (primary N) is 1. The van der Waals surface area contributed by atoms with E-state index in [4.69, 9.17) is 15.5 Å². The molecule has 152 valence electrons. The zero-order valence-electron chi connectivity index (χ0n) is 17.0. The van der Waals surface area contributed by atoms with Crippen LogP contribution in [0.4, 0.5) is 10.6 Å². The number of carbonyl (C=O) groups is 1. The van der Waals surface area contributed by atoms with Gasteiger partial charge in [0.15, 0.2) is 11.5 Å². The summed E-state index contributed by atoms with van der Waals surface area (Å²) in [5.41, 5.74) is 11.5. The first-order valence-electron chi connectivity index (χ1n) is 9.47. The number of aromatic nitrogens is 4. The van der Waals surface area contributed by atoms with Crippen LogP contribution in [-0.2, 0) is 4.74 Å². The molecule has 0 saturated heterocycles. The number of hydrogen-bond donors (Lipinski definition) is 2. The van der Waals surface area contributed by atoms with E-state index in [1.54, 1.807) is 39.1 Å². The number of hydrogen-bond acceptors (Lipinski definition) is 6. The van der Waals surface area contributed by atoms with Gasteiger partial charge in [0.05, 0.1) is 11.3 Å². The summed E-state index contributed by atoms with van der Waals surface area (Å²) in [6, 6.07) is 17.1. The number of amides is 1. The van der Waals surface area contributed by atoms with Crippen LogP contribution in [0.2, 0.25) is 0 Å². The topological polar surface area (TPSA) is 108 Å². The lowest BCUT2D eigenvalue weighted by Crippen LogP contribution is -2.32. The Hall–Kier alpha value is -3.94. The summed E-state index contributed by atoms with van der Waals surface area (Å²) < 4.78 is 6.91. The first-order valence-corrected chi connectivity index (χ1v) is 9.47. The zero-order valence-corrected chi connectivity index (χ0v) is 17.0. The van der Waals surface area contributed by atoms with Gasteiger partial charge in [0, 0.05) is 11.8 Å². The molecular weight excluding hydrogens is 380 g/mol. The zero-order chi connectivity index (χ0) is 21.3. The molecule has 8 heteroatoms. The number of nitrogens with zero attached hydrogens (tertiary/aromatic N) is 4. The van der Waals surface area contributed by atoms with Crippen LogP contribution in [-0.4, -0.2) is 31.3 Å². The van der Waals surface area contributed by atoms with Crippen LogP contribution < -0.4 is 11.2 Å². The molecule has 0 saturated carbocycles. The van der Waals surface area contributed by atoms with Crippen LogP contribution in [0.25, 0.3) is 33.8 Å². The van der Waals surface area contributed by atoms with Crippen molar-refractivity contribution >= 4 is 23.1 Å². The molecule has 1 aromatic carbocycles. The molecule has 0 unspecified atom stereocenters. The molecule has 3 aromatic heterocycles. The van der Waals surface area contributed by atoms with Gasteiger partial charge in [-0.05, 0) is 45.0 Å². The van der Waals surface area contributed by atoms with Crippen LogP contribution in [0, 0.1) is 0 Å². The van der Waals surface area contributed by atoms with E-state index < -0.39 is 11.7 Å². The summed E-state index contributed by atoms with van der Waals surface area (Å²) in [5, 5.41) is 0. The SMILES string of the molecule is CC(C)(C)OC(=O)Nn1c(-c2cccnc2N)nc2ccc(-c3ccccc3)nc21. The van der Waals surface area contributed by atoms with E-state index >= 15 is 0 Å². The summed E-state index contributed by atoms with van der Waals surface area (Å²) in [4.78, 5) is 26.0. The maximum Gasteiger partial charge on any atom is 0.427 e. The highest BCUT2D eigenvalue weighted by Crippen LogP contribution is 2.28. The molecule has 0 spiro atoms. The minimum atomic E-state index is -0.656. The second-order valence-corrected chi connectivity index (χ2v) is 7.73. The molecule has 0 aliphatic rings. The normalized spacial score (nSPS) is 11.4. The molecule has 30 heavy (non-hydrogen) atoms. The van der Waals surface area contributed by atoms with Gasteiger partial charge in [0.2, 0.25) is 0 Å². The first-order chi connectivity index (χ1) is 14.3. The lowest BCUT2D eigenvalue weighted by molar-refractivity contribution is 0.0614. The van der Waals surface area contributed by atoms with Crippen molar-refractivity contribution in [2.24, 2.45) is 0 Å². The Morgan fingerprint density at radius 3 is 2.50 bits per heavy atom. The van der Waals surface area contributed by atoms with Crippen molar-refractivity contribution in [2.45, 2.75) is 26.4 Å². The van der Waals surface area contributed by atoms with E-state index in [-0.39, 0.29) is 0 Å². The molecule has 4 rings (SSSR count). The Labute approximate surface area is 173 Å². The Morgan fingerprint density at radius 2 is 1.80 bits per heavy atom. The third-order valence-corrected chi connectivity index (χ3v) is 4.26. The molecular formula is C22H22N6O2. The highest BCUT2D eigenvalue weighted by Gasteiger charge is 2.22. The van der Waals surface area contributed by atoms with Crippen molar-refractivity contribution in [3.8, 4) is 22.6 Å². The standard InChI is InChI=1S/C22H22N6O2/c1-22(2,3)30-21(29)27-28-19(15-10-7-13-24-18(15)23)26-17-12-11-16(25-20(17)28)14-8-5-4-6-9-14/h4-13H,1-3H3,(H2,23,24)(H,27,29). The first kappa shape index (κ1) is 19.4. The average Bonchev–Trinajstić information content (AvgIpc) is 3.05. The van der Waals surface area contributed by atoms with E-state index in [0.717, 1.165) is 11.3 Å². The fourth-order valence-corrected chi connectivity index (χ4v) is 3.01. The van der Waals surface area contributed by atoms with Gasteiger partial charge < -0.3 is 10.5 Å². The quantitative estimate of drug-likeness (QED) is 0.531. The number of fused-ring (bicyclic) bond motifs is 1. The van der Waals surface area contributed by atoms with Gasteiger partial charge in [-0.25, -0.2) is 29.8 Å². The van der Waals surface area contributed by atoms with E-state index in [9.17, 15) is 4.79 Å². The van der Waals surface area contributed by atoms with Crippen LogP contribution >= 0.6 is 0 Å². The van der Waals surface area contributed by atoms with E-state index in [2.05, 4.69) is 15.4 Å². The summed E-state index contributed by atoms with van der Waals surface area (Å²) in [6.45, 7) is 5.39. The Morgan fingerprint density at radius 1 is 1.03 bits per heavy atom. The number of nitrogens with one attached hydrogen (secondary N) is 1. The van der Waals surface area contributed by atoms with Crippen LogP contribution in [0.3, 0.4) is 0 Å². The summed E-state index contributed by atoms with van der Waals surface area (Å²) >= 11 is 0. The highest BCUT2D eigenvalue weighted by atomic mass is 16.6. The molecule has 8 nitrogen and oxygen atoms in total. The molecule has 4 aromatic rings. The number of benzene rings is 1. The second-order valence-electron chi connectivity index (χ2n) is 7.73. The Kier molecular flexibility index (Phi) is 4.83. The molecule has 3 heterocycles. The van der Waals surface area contributed by atoms with Crippen molar-refractivity contribution in [2.75, 3.05) is 11.2 Å². The molecule has 0 aliphatic heterocycles. The third-order valence-electron chi connectivity index (χ3n) is 4.26. The molecule has 0 bridgehead atoms. The van der Waals surface area contributed by atoms with Gasteiger partial charge in [-0.3, -0.25) is 0 Å². The molecule has 3 N–H and O–H groups in total. The number of anilines is 1. The van der Waals surface area contributed by atoms with E-state index in [1.165, 1.54) is 4.68 Å². The van der Waals surface area contributed by atoms with Gasteiger partial charge in [0.1, 0.15) is 16.9 Å². The monoisotopic (exact) mass is 402 g/mol.